The number of nitrogens with zero attached hydrogens (tertiary/aromatic N) is 2. The van der Waals surface area contributed by atoms with Gasteiger partial charge in [0.15, 0.2) is 0 Å². The van der Waals surface area contributed by atoms with Crippen molar-refractivity contribution in [1.29, 1.82) is 0 Å². The molecule has 1 N–H and O–H groups in total. The van der Waals surface area contributed by atoms with Gasteiger partial charge in [-0.3, -0.25) is 9.78 Å². The third-order valence-electron chi connectivity index (χ3n) is 2.63. The normalized spacial score (nSPS) is 10.6. The number of rotatable bonds is 3. The zero-order valence-electron chi connectivity index (χ0n) is 10.9. The molecule has 0 saturated carbocycles. The highest BCUT2D eigenvalue weighted by Gasteiger charge is 2.03. The quantitative estimate of drug-likeness (QED) is 0.674. The molecule has 0 atom stereocenters. The highest BCUT2D eigenvalue weighted by atomic mass is 16.2. The number of amides is 1. The number of nitrogens with one attached hydrogen (secondary N) is 1. The lowest BCUT2D eigenvalue weighted by molar-refractivity contribution is 0.0955. The summed E-state index contributed by atoms with van der Waals surface area (Å²) in [7, 11) is 0. The number of carbonyl (C=O) groups is 1. The monoisotopic (exact) mass is 253 g/mol. The zero-order valence-corrected chi connectivity index (χ0v) is 10.9. The van der Waals surface area contributed by atoms with E-state index in [1.165, 1.54) is 11.8 Å². The van der Waals surface area contributed by atoms with Crippen molar-refractivity contribution in [3.8, 4) is 0 Å². The van der Waals surface area contributed by atoms with Crippen molar-refractivity contribution >= 4 is 12.1 Å². The van der Waals surface area contributed by atoms with Gasteiger partial charge in [0.25, 0.3) is 5.91 Å². The van der Waals surface area contributed by atoms with Crippen molar-refractivity contribution in [3.05, 3.63) is 65.0 Å². The Balaban J connectivity index is 1.96. The van der Waals surface area contributed by atoms with E-state index in [2.05, 4.69) is 15.5 Å². The smallest absolute Gasteiger partial charge is 0.267 e. The predicted molar refractivity (Wildman–Crippen MR) is 75.2 cm³/mol. The first-order chi connectivity index (χ1) is 9.15. The molecule has 1 amide bonds. The van der Waals surface area contributed by atoms with Gasteiger partial charge in [-0.1, -0.05) is 29.8 Å². The maximum Gasteiger partial charge on any atom is 0.272 e. The van der Waals surface area contributed by atoms with Crippen LogP contribution in [0.15, 0.2) is 47.7 Å². The Hall–Kier alpha value is -2.49. The first kappa shape index (κ1) is 13.0. The van der Waals surface area contributed by atoms with E-state index >= 15 is 0 Å². The first-order valence-electron chi connectivity index (χ1n) is 5.98. The molecular weight excluding hydrogens is 238 g/mol. The molecule has 4 nitrogen and oxygen atoms in total. The summed E-state index contributed by atoms with van der Waals surface area (Å²) in [6.45, 7) is 3.89. The van der Waals surface area contributed by atoms with Gasteiger partial charge in [-0.05, 0) is 31.5 Å². The van der Waals surface area contributed by atoms with Crippen LogP contribution in [-0.2, 0) is 0 Å². The summed E-state index contributed by atoms with van der Waals surface area (Å²) in [6, 6.07) is 11.4. The van der Waals surface area contributed by atoms with E-state index in [0.29, 0.717) is 5.56 Å². The maximum absolute atomic E-state index is 11.7. The van der Waals surface area contributed by atoms with Gasteiger partial charge in [-0.2, -0.15) is 5.10 Å². The van der Waals surface area contributed by atoms with E-state index in [-0.39, 0.29) is 5.91 Å². The highest BCUT2D eigenvalue weighted by Crippen LogP contribution is 2.01. The second-order valence-corrected chi connectivity index (χ2v) is 4.30. The van der Waals surface area contributed by atoms with E-state index < -0.39 is 0 Å². The van der Waals surface area contributed by atoms with Crippen molar-refractivity contribution < 1.29 is 4.79 Å². The molecule has 0 bridgehead atoms. The molecular formula is C15H15N3O. The zero-order chi connectivity index (χ0) is 13.7. The Morgan fingerprint density at radius 3 is 2.53 bits per heavy atom. The average Bonchev–Trinajstić information content (AvgIpc) is 2.41. The number of hydrogen-bond acceptors (Lipinski definition) is 3. The lowest BCUT2D eigenvalue weighted by Gasteiger charge is -1.99. The predicted octanol–water partition coefficient (Wildman–Crippen LogP) is 2.46. The molecule has 2 aromatic rings. The average molecular weight is 253 g/mol. The number of hydrogen-bond donors (Lipinski definition) is 1. The lowest BCUT2D eigenvalue weighted by Crippen LogP contribution is -2.17. The fourth-order valence-electron chi connectivity index (χ4n) is 1.48. The number of aromatic nitrogens is 1. The van der Waals surface area contributed by atoms with Crippen LogP contribution < -0.4 is 5.43 Å². The van der Waals surface area contributed by atoms with Gasteiger partial charge < -0.3 is 0 Å². The Labute approximate surface area is 112 Å². The van der Waals surface area contributed by atoms with E-state index in [1.54, 1.807) is 18.3 Å². The molecule has 0 radical (unpaired) electrons. The Morgan fingerprint density at radius 2 is 1.89 bits per heavy atom. The number of pyridine rings is 1. The minimum absolute atomic E-state index is 0.268. The standard InChI is InChI=1S/C15H15N3O/c1-11-3-6-13(7-4-11)9-17-18-15(19)14-8-5-12(2)16-10-14/h3-10H,1-2H3,(H,18,19)/b17-9-. The summed E-state index contributed by atoms with van der Waals surface area (Å²) in [5.74, 6) is -0.268. The topological polar surface area (TPSA) is 54.4 Å². The van der Waals surface area contributed by atoms with Gasteiger partial charge in [0.1, 0.15) is 0 Å². The van der Waals surface area contributed by atoms with Crippen LogP contribution in [0.4, 0.5) is 0 Å². The van der Waals surface area contributed by atoms with Crippen molar-refractivity contribution in [3.63, 3.8) is 0 Å². The number of aryl methyl sites for hydroxylation is 2. The summed E-state index contributed by atoms with van der Waals surface area (Å²) in [4.78, 5) is 15.8. The fourth-order valence-corrected chi connectivity index (χ4v) is 1.48. The molecule has 1 aromatic heterocycles. The second-order valence-electron chi connectivity index (χ2n) is 4.30. The van der Waals surface area contributed by atoms with Crippen LogP contribution in [0.25, 0.3) is 0 Å². The highest BCUT2D eigenvalue weighted by molar-refractivity contribution is 5.94. The third-order valence-corrected chi connectivity index (χ3v) is 2.63. The van der Waals surface area contributed by atoms with Crippen LogP contribution in [0.2, 0.25) is 0 Å². The molecule has 19 heavy (non-hydrogen) atoms. The van der Waals surface area contributed by atoms with E-state index in [9.17, 15) is 4.79 Å². The van der Waals surface area contributed by atoms with Crippen molar-refractivity contribution in [1.82, 2.24) is 10.4 Å². The Kier molecular flexibility index (Phi) is 4.03. The molecule has 0 aliphatic rings. The molecule has 4 heteroatoms. The van der Waals surface area contributed by atoms with Gasteiger partial charge >= 0.3 is 0 Å². The maximum atomic E-state index is 11.7. The van der Waals surface area contributed by atoms with Gasteiger partial charge in [0.2, 0.25) is 0 Å². The van der Waals surface area contributed by atoms with Crippen LogP contribution >= 0.6 is 0 Å². The van der Waals surface area contributed by atoms with Crippen LogP contribution in [0, 0.1) is 13.8 Å². The van der Waals surface area contributed by atoms with Crippen molar-refractivity contribution in [2.24, 2.45) is 5.10 Å². The lowest BCUT2D eigenvalue weighted by atomic mass is 10.2. The molecule has 2 rings (SSSR count). The summed E-state index contributed by atoms with van der Waals surface area (Å²) in [6.07, 6.45) is 3.14. The summed E-state index contributed by atoms with van der Waals surface area (Å²) < 4.78 is 0. The van der Waals surface area contributed by atoms with E-state index in [1.807, 2.05) is 38.1 Å². The molecule has 96 valence electrons. The molecule has 0 aliphatic heterocycles. The molecule has 0 aliphatic carbocycles. The Morgan fingerprint density at radius 1 is 1.16 bits per heavy atom. The van der Waals surface area contributed by atoms with Crippen molar-refractivity contribution in [2.45, 2.75) is 13.8 Å². The minimum Gasteiger partial charge on any atom is -0.267 e. The van der Waals surface area contributed by atoms with Crippen LogP contribution in [-0.4, -0.2) is 17.1 Å². The first-order valence-corrected chi connectivity index (χ1v) is 5.98. The van der Waals surface area contributed by atoms with Crippen LogP contribution in [0.5, 0.6) is 0 Å². The van der Waals surface area contributed by atoms with Gasteiger partial charge in [0.05, 0.1) is 11.8 Å². The Bertz CT molecular complexity index is 586. The largest absolute Gasteiger partial charge is 0.272 e. The number of carbonyl (C=O) groups excluding carboxylic acids is 1. The van der Waals surface area contributed by atoms with Crippen molar-refractivity contribution in [2.75, 3.05) is 0 Å². The van der Waals surface area contributed by atoms with Crippen LogP contribution in [0.1, 0.15) is 27.2 Å². The molecule has 0 unspecified atom stereocenters. The summed E-state index contributed by atoms with van der Waals surface area (Å²) in [5, 5.41) is 3.92. The molecule has 1 heterocycles. The summed E-state index contributed by atoms with van der Waals surface area (Å²) in [5.41, 5.74) is 5.96. The third kappa shape index (κ3) is 3.74. The number of benzene rings is 1. The molecule has 0 fully saturated rings. The van der Waals surface area contributed by atoms with E-state index in [0.717, 1.165) is 11.3 Å². The van der Waals surface area contributed by atoms with Gasteiger partial charge in [-0.25, -0.2) is 5.43 Å². The molecule has 0 saturated heterocycles. The van der Waals surface area contributed by atoms with E-state index in [4.69, 9.17) is 0 Å². The summed E-state index contributed by atoms with van der Waals surface area (Å²) >= 11 is 0. The second kappa shape index (κ2) is 5.91. The fraction of sp³-hybridized carbons (Fsp3) is 0.133. The SMILES string of the molecule is Cc1ccc(/C=N\NC(=O)c2ccc(C)nc2)cc1. The number of hydrazone groups is 1. The molecule has 0 spiro atoms. The minimum atomic E-state index is -0.268. The van der Waals surface area contributed by atoms with Gasteiger partial charge in [0, 0.05) is 11.9 Å². The molecule has 1 aromatic carbocycles. The van der Waals surface area contributed by atoms with Gasteiger partial charge in [-0.15, -0.1) is 0 Å². The van der Waals surface area contributed by atoms with Crippen LogP contribution in [0.3, 0.4) is 0 Å².